The van der Waals surface area contributed by atoms with Crippen molar-refractivity contribution in [3.63, 3.8) is 0 Å². The van der Waals surface area contributed by atoms with Crippen LogP contribution >= 0.6 is 31.9 Å². The first-order chi connectivity index (χ1) is 8.13. The van der Waals surface area contributed by atoms with E-state index in [-0.39, 0.29) is 11.1 Å². The van der Waals surface area contributed by atoms with Crippen LogP contribution in [0.1, 0.15) is 24.2 Å². The molecular weight excluding hydrogens is 352 g/mol. The molecule has 0 aromatic heterocycles. The van der Waals surface area contributed by atoms with Crippen molar-refractivity contribution in [2.24, 2.45) is 0 Å². The number of hydrogen-bond acceptors (Lipinski definition) is 3. The van der Waals surface area contributed by atoms with Crippen LogP contribution < -0.4 is 9.47 Å². The molecule has 0 saturated heterocycles. The van der Waals surface area contributed by atoms with Gasteiger partial charge in [-0.1, -0.05) is 15.9 Å². The number of benzene rings is 1. The molecule has 0 spiro atoms. The summed E-state index contributed by atoms with van der Waals surface area (Å²) in [6.45, 7) is 4.88. The fourth-order valence-corrected chi connectivity index (χ4v) is 2.20. The van der Waals surface area contributed by atoms with Crippen molar-refractivity contribution in [1.29, 1.82) is 0 Å². The zero-order valence-corrected chi connectivity index (χ0v) is 12.9. The Bertz CT molecular complexity index is 405. The lowest BCUT2D eigenvalue weighted by Crippen LogP contribution is -2.05. The Hall–Kier alpha value is -0.550. The van der Waals surface area contributed by atoms with Crippen LogP contribution in [0.2, 0.25) is 0 Å². The third kappa shape index (κ3) is 3.71. The number of Topliss-reactive ketones (excluding diaryl/α,β-unsaturated/α-hetero) is 1. The molecule has 1 aromatic rings. The number of carbonyl (C=O) groups is 1. The minimum absolute atomic E-state index is 0.000812. The van der Waals surface area contributed by atoms with Crippen LogP contribution in [0.4, 0.5) is 0 Å². The van der Waals surface area contributed by atoms with Gasteiger partial charge in [0.1, 0.15) is 0 Å². The van der Waals surface area contributed by atoms with Gasteiger partial charge in [-0.15, -0.1) is 0 Å². The molecule has 5 heteroatoms. The predicted octanol–water partition coefficient (Wildman–Crippen LogP) is 3.82. The fraction of sp³-hybridized carbons (Fsp3) is 0.417. The second-order valence-electron chi connectivity index (χ2n) is 3.20. The van der Waals surface area contributed by atoms with Crippen LogP contribution in [-0.2, 0) is 0 Å². The van der Waals surface area contributed by atoms with Crippen LogP contribution in [-0.4, -0.2) is 24.3 Å². The lowest BCUT2D eigenvalue weighted by molar-refractivity contribution is 0.102. The molecule has 0 amide bonds. The molecule has 0 N–H and O–H groups in total. The molecule has 17 heavy (non-hydrogen) atoms. The van der Waals surface area contributed by atoms with Crippen molar-refractivity contribution in [1.82, 2.24) is 0 Å². The van der Waals surface area contributed by atoms with Gasteiger partial charge in [-0.3, -0.25) is 4.79 Å². The van der Waals surface area contributed by atoms with Crippen molar-refractivity contribution in [3.05, 3.63) is 22.2 Å². The Balaban J connectivity index is 3.18. The first-order valence-electron chi connectivity index (χ1n) is 5.32. The summed E-state index contributed by atoms with van der Waals surface area (Å²) in [7, 11) is 0. The number of rotatable bonds is 6. The molecule has 0 saturated carbocycles. The van der Waals surface area contributed by atoms with Gasteiger partial charge in [0.25, 0.3) is 0 Å². The molecule has 0 bridgehead atoms. The molecule has 94 valence electrons. The predicted molar refractivity (Wildman–Crippen MR) is 74.6 cm³/mol. The van der Waals surface area contributed by atoms with Gasteiger partial charge in [-0.05, 0) is 41.9 Å². The second-order valence-corrected chi connectivity index (χ2v) is 4.62. The number of alkyl halides is 1. The molecule has 0 atom stereocenters. The van der Waals surface area contributed by atoms with E-state index in [1.165, 1.54) is 0 Å². The Kier molecular flexibility index (Phi) is 5.98. The summed E-state index contributed by atoms with van der Waals surface area (Å²) in [5.74, 6) is 1.25. The van der Waals surface area contributed by atoms with Crippen molar-refractivity contribution >= 4 is 37.6 Å². The number of ether oxygens (including phenoxy) is 2. The van der Waals surface area contributed by atoms with Gasteiger partial charge >= 0.3 is 0 Å². The monoisotopic (exact) mass is 364 g/mol. The Labute approximate surface area is 118 Å². The minimum Gasteiger partial charge on any atom is -0.490 e. The van der Waals surface area contributed by atoms with Gasteiger partial charge in [-0.2, -0.15) is 0 Å². The molecule has 0 unspecified atom stereocenters. The highest BCUT2D eigenvalue weighted by molar-refractivity contribution is 9.10. The first kappa shape index (κ1) is 14.5. The van der Waals surface area contributed by atoms with E-state index in [1.54, 1.807) is 12.1 Å². The Morgan fingerprint density at radius 1 is 1.18 bits per heavy atom. The maximum Gasteiger partial charge on any atom is 0.174 e. The normalized spacial score (nSPS) is 10.1. The summed E-state index contributed by atoms with van der Waals surface area (Å²) in [5.41, 5.74) is 0.591. The fourth-order valence-electron chi connectivity index (χ4n) is 1.36. The maximum absolute atomic E-state index is 11.7. The molecular formula is C12H14Br2O3. The van der Waals surface area contributed by atoms with Crippen LogP contribution in [0, 0.1) is 0 Å². The van der Waals surface area contributed by atoms with Gasteiger partial charge in [0.15, 0.2) is 17.3 Å². The SMILES string of the molecule is CCOc1cc(Br)c(C(=O)CBr)cc1OCC. The van der Waals surface area contributed by atoms with Crippen molar-refractivity contribution in [2.75, 3.05) is 18.5 Å². The molecule has 1 aromatic carbocycles. The van der Waals surface area contributed by atoms with Crippen LogP contribution in [0.25, 0.3) is 0 Å². The Morgan fingerprint density at radius 3 is 2.18 bits per heavy atom. The minimum atomic E-state index is 0.000812. The summed E-state index contributed by atoms with van der Waals surface area (Å²) in [5, 5.41) is 0.283. The zero-order valence-electron chi connectivity index (χ0n) is 9.76. The largest absolute Gasteiger partial charge is 0.490 e. The lowest BCUT2D eigenvalue weighted by Gasteiger charge is -2.13. The summed E-state index contributed by atoms with van der Waals surface area (Å²) in [6, 6.07) is 3.48. The lowest BCUT2D eigenvalue weighted by atomic mass is 10.1. The summed E-state index contributed by atoms with van der Waals surface area (Å²) in [6.07, 6.45) is 0. The van der Waals surface area contributed by atoms with Gasteiger partial charge in [0.05, 0.1) is 18.5 Å². The molecule has 0 heterocycles. The molecule has 0 aliphatic carbocycles. The van der Waals surface area contributed by atoms with Gasteiger partial charge in [0, 0.05) is 10.0 Å². The van der Waals surface area contributed by atoms with E-state index < -0.39 is 0 Å². The summed E-state index contributed by atoms with van der Waals surface area (Å²) in [4.78, 5) is 11.7. The van der Waals surface area contributed by atoms with Crippen molar-refractivity contribution < 1.29 is 14.3 Å². The van der Waals surface area contributed by atoms with Crippen molar-refractivity contribution in [2.45, 2.75) is 13.8 Å². The third-order valence-electron chi connectivity index (χ3n) is 2.05. The smallest absolute Gasteiger partial charge is 0.174 e. The standard InChI is InChI=1S/C12H14Br2O3/c1-3-16-11-5-8(10(15)7-13)9(14)6-12(11)17-4-2/h5-6H,3-4,7H2,1-2H3. The average molecular weight is 366 g/mol. The van der Waals surface area contributed by atoms with Gasteiger partial charge in [0.2, 0.25) is 0 Å². The number of halogens is 2. The van der Waals surface area contributed by atoms with Gasteiger partial charge in [-0.25, -0.2) is 0 Å². The average Bonchev–Trinajstić information content (AvgIpc) is 2.32. The highest BCUT2D eigenvalue weighted by atomic mass is 79.9. The van der Waals surface area contributed by atoms with E-state index in [9.17, 15) is 4.79 Å². The molecule has 0 radical (unpaired) electrons. The number of ketones is 1. The Morgan fingerprint density at radius 2 is 1.71 bits per heavy atom. The molecule has 0 aliphatic rings. The zero-order chi connectivity index (χ0) is 12.8. The van der Waals surface area contributed by atoms with E-state index >= 15 is 0 Å². The first-order valence-corrected chi connectivity index (χ1v) is 7.23. The van der Waals surface area contributed by atoms with E-state index in [1.807, 2.05) is 13.8 Å². The molecule has 3 nitrogen and oxygen atoms in total. The highest BCUT2D eigenvalue weighted by Crippen LogP contribution is 2.34. The highest BCUT2D eigenvalue weighted by Gasteiger charge is 2.15. The topological polar surface area (TPSA) is 35.5 Å². The van der Waals surface area contributed by atoms with Gasteiger partial charge < -0.3 is 9.47 Å². The third-order valence-corrected chi connectivity index (χ3v) is 3.22. The van der Waals surface area contributed by atoms with Crippen LogP contribution in [0.5, 0.6) is 11.5 Å². The summed E-state index contributed by atoms with van der Waals surface area (Å²) < 4.78 is 11.6. The molecule has 0 fully saturated rings. The number of hydrogen-bond donors (Lipinski definition) is 0. The van der Waals surface area contributed by atoms with E-state index in [0.717, 1.165) is 0 Å². The molecule has 0 aliphatic heterocycles. The van der Waals surface area contributed by atoms with E-state index in [2.05, 4.69) is 31.9 Å². The molecule has 1 rings (SSSR count). The quantitative estimate of drug-likeness (QED) is 0.567. The van der Waals surface area contributed by atoms with E-state index in [0.29, 0.717) is 34.7 Å². The maximum atomic E-state index is 11.7. The summed E-state index contributed by atoms with van der Waals surface area (Å²) >= 11 is 6.52. The van der Waals surface area contributed by atoms with Crippen molar-refractivity contribution in [3.8, 4) is 11.5 Å². The second kappa shape index (κ2) is 7.01. The van der Waals surface area contributed by atoms with Crippen LogP contribution in [0.3, 0.4) is 0 Å². The van der Waals surface area contributed by atoms with Crippen LogP contribution in [0.15, 0.2) is 16.6 Å². The van der Waals surface area contributed by atoms with E-state index in [4.69, 9.17) is 9.47 Å². The number of carbonyl (C=O) groups excluding carboxylic acids is 1.